The van der Waals surface area contributed by atoms with E-state index < -0.39 is 0 Å². The van der Waals surface area contributed by atoms with Gasteiger partial charge in [-0.05, 0) is 42.6 Å². The third-order valence-electron chi connectivity index (χ3n) is 4.01. The summed E-state index contributed by atoms with van der Waals surface area (Å²) in [6.45, 7) is 4.85. The number of rotatable bonds is 3. The number of allylic oxidation sites excluding steroid dienone is 1. The van der Waals surface area contributed by atoms with Crippen molar-refractivity contribution in [3.8, 4) is 0 Å². The molecule has 0 amide bonds. The van der Waals surface area contributed by atoms with Gasteiger partial charge in [0.05, 0.1) is 4.58 Å². The first-order valence-corrected chi connectivity index (χ1v) is 7.95. The Hall–Kier alpha value is 0.440. The maximum absolute atomic E-state index is 2.59. The lowest BCUT2D eigenvalue weighted by Crippen LogP contribution is -2.05. The molecule has 0 aromatic carbocycles. The van der Waals surface area contributed by atoms with Crippen LogP contribution in [0.2, 0.25) is 0 Å². The van der Waals surface area contributed by atoms with Crippen LogP contribution in [0.5, 0.6) is 0 Å². The van der Waals surface area contributed by atoms with Crippen LogP contribution >= 0.6 is 23.5 Å². The molecule has 14 heavy (non-hydrogen) atoms. The highest BCUT2D eigenvalue weighted by Crippen LogP contribution is 2.64. The molecule has 0 spiro atoms. The molecule has 2 atom stereocenters. The van der Waals surface area contributed by atoms with Crippen LogP contribution in [-0.4, -0.2) is 17.1 Å². The summed E-state index contributed by atoms with van der Waals surface area (Å²) in [5, 5.41) is 0. The quantitative estimate of drug-likeness (QED) is 0.528. The standard InChI is InChI=1S/C12H20S2/c1-12(2)9-6-5-8(7-10(9)12)11(13-3)14-4/h7,9-11H,5-6H2,1-4H3/t9?,10-/m1/s1. The van der Waals surface area contributed by atoms with Crippen molar-refractivity contribution in [2.45, 2.75) is 31.3 Å². The largest absolute Gasteiger partial charge is 0.147 e. The molecule has 0 aromatic rings. The Morgan fingerprint density at radius 3 is 2.50 bits per heavy atom. The maximum atomic E-state index is 2.59. The topological polar surface area (TPSA) is 0 Å². The molecule has 0 radical (unpaired) electrons. The average Bonchev–Trinajstić information content (AvgIpc) is 2.71. The zero-order valence-electron chi connectivity index (χ0n) is 9.54. The van der Waals surface area contributed by atoms with Crippen molar-refractivity contribution in [2.24, 2.45) is 17.3 Å². The van der Waals surface area contributed by atoms with Crippen molar-refractivity contribution >= 4 is 23.5 Å². The van der Waals surface area contributed by atoms with Crippen LogP contribution in [-0.2, 0) is 0 Å². The third kappa shape index (κ3) is 1.65. The second kappa shape index (κ2) is 3.79. The van der Waals surface area contributed by atoms with Crippen LogP contribution in [0.1, 0.15) is 26.7 Å². The van der Waals surface area contributed by atoms with Crippen molar-refractivity contribution in [1.82, 2.24) is 0 Å². The first-order valence-electron chi connectivity index (χ1n) is 5.37. The molecule has 2 heteroatoms. The maximum Gasteiger partial charge on any atom is 0.0705 e. The zero-order valence-corrected chi connectivity index (χ0v) is 11.2. The Kier molecular flexibility index (Phi) is 2.96. The molecule has 0 N–H and O–H groups in total. The van der Waals surface area contributed by atoms with Crippen molar-refractivity contribution in [3.05, 3.63) is 11.6 Å². The molecule has 0 heterocycles. The number of thioether (sulfide) groups is 2. The highest BCUT2D eigenvalue weighted by Gasteiger charge is 2.57. The van der Waals surface area contributed by atoms with E-state index in [9.17, 15) is 0 Å². The van der Waals surface area contributed by atoms with Gasteiger partial charge in [0, 0.05) is 0 Å². The van der Waals surface area contributed by atoms with Crippen molar-refractivity contribution in [1.29, 1.82) is 0 Å². The molecule has 0 aromatic heterocycles. The van der Waals surface area contributed by atoms with E-state index in [0.717, 1.165) is 11.8 Å². The second-order valence-electron chi connectivity index (χ2n) is 5.04. The van der Waals surface area contributed by atoms with Gasteiger partial charge in [0.2, 0.25) is 0 Å². The summed E-state index contributed by atoms with van der Waals surface area (Å²) in [5.74, 6) is 1.89. The lowest BCUT2D eigenvalue weighted by atomic mass is 10.0. The van der Waals surface area contributed by atoms with Gasteiger partial charge in [-0.25, -0.2) is 0 Å². The Labute approximate surface area is 96.3 Å². The Balaban J connectivity index is 2.09. The van der Waals surface area contributed by atoms with E-state index in [-0.39, 0.29) is 0 Å². The van der Waals surface area contributed by atoms with Crippen LogP contribution in [0.25, 0.3) is 0 Å². The van der Waals surface area contributed by atoms with Crippen molar-refractivity contribution in [2.75, 3.05) is 12.5 Å². The van der Waals surface area contributed by atoms with Crippen LogP contribution in [0.3, 0.4) is 0 Å². The smallest absolute Gasteiger partial charge is 0.0705 e. The van der Waals surface area contributed by atoms with Gasteiger partial charge in [0.15, 0.2) is 0 Å². The molecule has 0 aliphatic heterocycles. The molecular weight excluding hydrogens is 208 g/mol. The molecule has 1 unspecified atom stereocenters. The summed E-state index contributed by atoms with van der Waals surface area (Å²) < 4.78 is 0.715. The Morgan fingerprint density at radius 2 is 2.00 bits per heavy atom. The van der Waals surface area contributed by atoms with Crippen LogP contribution in [0.15, 0.2) is 11.6 Å². The minimum atomic E-state index is 0.614. The fourth-order valence-electron chi connectivity index (χ4n) is 2.90. The fourth-order valence-corrected chi connectivity index (χ4v) is 4.67. The van der Waals surface area contributed by atoms with Crippen LogP contribution < -0.4 is 0 Å². The summed E-state index contributed by atoms with van der Waals surface area (Å²) in [6, 6.07) is 0. The first kappa shape index (κ1) is 10.9. The Morgan fingerprint density at radius 1 is 1.36 bits per heavy atom. The monoisotopic (exact) mass is 228 g/mol. The van der Waals surface area contributed by atoms with Gasteiger partial charge in [-0.3, -0.25) is 0 Å². The van der Waals surface area contributed by atoms with Gasteiger partial charge < -0.3 is 0 Å². The van der Waals surface area contributed by atoms with Gasteiger partial charge in [0.25, 0.3) is 0 Å². The fraction of sp³-hybridized carbons (Fsp3) is 0.833. The summed E-state index contributed by atoms with van der Waals surface area (Å²) in [6.07, 6.45) is 9.82. The number of hydrogen-bond donors (Lipinski definition) is 0. The summed E-state index contributed by atoms with van der Waals surface area (Å²) in [7, 11) is 0. The van der Waals surface area contributed by atoms with Crippen molar-refractivity contribution < 1.29 is 0 Å². The van der Waals surface area contributed by atoms with E-state index in [4.69, 9.17) is 0 Å². The number of fused-ring (bicyclic) bond motifs is 1. The van der Waals surface area contributed by atoms with E-state index in [0.29, 0.717) is 10.00 Å². The normalized spacial score (nSPS) is 33.9. The van der Waals surface area contributed by atoms with Gasteiger partial charge in [-0.15, -0.1) is 23.5 Å². The highest BCUT2D eigenvalue weighted by atomic mass is 32.2. The Bertz CT molecular complexity index is 251. The van der Waals surface area contributed by atoms with E-state index >= 15 is 0 Å². The highest BCUT2D eigenvalue weighted by molar-refractivity contribution is 8.16. The second-order valence-corrected chi connectivity index (χ2v) is 7.22. The molecule has 0 saturated heterocycles. The first-order chi connectivity index (χ1) is 6.61. The average molecular weight is 228 g/mol. The molecule has 0 bridgehead atoms. The molecule has 1 saturated carbocycles. The summed E-state index contributed by atoms with van der Waals surface area (Å²) in [4.78, 5) is 0. The molecule has 0 nitrogen and oxygen atoms in total. The van der Waals surface area contributed by atoms with E-state index in [2.05, 4.69) is 32.4 Å². The molecular formula is C12H20S2. The minimum absolute atomic E-state index is 0.614. The van der Waals surface area contributed by atoms with E-state index in [1.54, 1.807) is 5.57 Å². The van der Waals surface area contributed by atoms with Gasteiger partial charge >= 0.3 is 0 Å². The molecule has 1 fully saturated rings. The van der Waals surface area contributed by atoms with E-state index in [1.807, 2.05) is 23.5 Å². The van der Waals surface area contributed by atoms with Crippen LogP contribution in [0.4, 0.5) is 0 Å². The van der Waals surface area contributed by atoms with Gasteiger partial charge in [-0.1, -0.05) is 25.5 Å². The summed E-state index contributed by atoms with van der Waals surface area (Å²) in [5.41, 5.74) is 2.32. The third-order valence-corrected chi connectivity index (χ3v) is 6.62. The number of hydrogen-bond acceptors (Lipinski definition) is 2. The molecule has 2 aliphatic rings. The zero-order chi connectivity index (χ0) is 10.3. The summed E-state index contributed by atoms with van der Waals surface area (Å²) >= 11 is 3.98. The predicted molar refractivity (Wildman–Crippen MR) is 68.9 cm³/mol. The van der Waals surface area contributed by atoms with E-state index in [1.165, 1.54) is 12.8 Å². The predicted octanol–water partition coefficient (Wildman–Crippen LogP) is 4.03. The van der Waals surface area contributed by atoms with Gasteiger partial charge in [0.1, 0.15) is 0 Å². The molecule has 2 rings (SSSR count). The lowest BCUT2D eigenvalue weighted by molar-refractivity contribution is 0.533. The molecule has 2 aliphatic carbocycles. The van der Waals surface area contributed by atoms with Crippen LogP contribution in [0, 0.1) is 17.3 Å². The van der Waals surface area contributed by atoms with Crippen molar-refractivity contribution in [3.63, 3.8) is 0 Å². The molecule has 80 valence electrons. The lowest BCUT2D eigenvalue weighted by Gasteiger charge is -2.19. The van der Waals surface area contributed by atoms with Gasteiger partial charge in [-0.2, -0.15) is 0 Å². The minimum Gasteiger partial charge on any atom is -0.147 e. The SMILES string of the molecule is CSC(SC)C1=C[C@@H]2C(CC1)C2(C)C.